The lowest BCUT2D eigenvalue weighted by molar-refractivity contribution is -0.165. The number of hydrogen-bond donors (Lipinski definition) is 2. The van der Waals surface area contributed by atoms with Crippen molar-refractivity contribution < 1.29 is 14.6 Å². The van der Waals surface area contributed by atoms with Gasteiger partial charge in [0.1, 0.15) is 5.60 Å². The molecule has 0 heterocycles. The highest BCUT2D eigenvalue weighted by Gasteiger charge is 2.23. The zero-order valence-electron chi connectivity index (χ0n) is 11.7. The second-order valence-electron chi connectivity index (χ2n) is 6.02. The van der Waals surface area contributed by atoms with E-state index >= 15 is 0 Å². The van der Waals surface area contributed by atoms with E-state index < -0.39 is 17.7 Å². The largest absolute Gasteiger partial charge is 0.458 e. The molecule has 0 fully saturated rings. The van der Waals surface area contributed by atoms with Crippen LogP contribution in [0.2, 0.25) is 0 Å². The molecule has 0 aromatic rings. The van der Waals surface area contributed by atoms with E-state index in [9.17, 15) is 9.90 Å². The molecule has 2 atom stereocenters. The molecule has 0 radical (unpaired) electrons. The van der Waals surface area contributed by atoms with Gasteiger partial charge in [0.25, 0.3) is 0 Å². The Hall–Kier alpha value is -0.610. The summed E-state index contributed by atoms with van der Waals surface area (Å²) in [5.41, 5.74) is 5.33. The average molecular weight is 245 g/mol. The Morgan fingerprint density at radius 1 is 1.29 bits per heavy atom. The van der Waals surface area contributed by atoms with Gasteiger partial charge in [-0.3, -0.25) is 0 Å². The van der Waals surface area contributed by atoms with Gasteiger partial charge in [0.2, 0.25) is 0 Å². The van der Waals surface area contributed by atoms with Crippen molar-refractivity contribution in [1.82, 2.24) is 0 Å². The summed E-state index contributed by atoms with van der Waals surface area (Å²) in [7, 11) is 0. The summed E-state index contributed by atoms with van der Waals surface area (Å²) >= 11 is 0. The fraction of sp³-hybridized carbons (Fsp3) is 0.923. The summed E-state index contributed by atoms with van der Waals surface area (Å²) in [4.78, 5) is 11.5. The molecule has 0 aliphatic rings. The van der Waals surface area contributed by atoms with Gasteiger partial charge in [-0.2, -0.15) is 0 Å². The molecule has 17 heavy (non-hydrogen) atoms. The van der Waals surface area contributed by atoms with Crippen LogP contribution >= 0.6 is 0 Å². The van der Waals surface area contributed by atoms with Gasteiger partial charge >= 0.3 is 5.97 Å². The normalized spacial score (nSPS) is 15.8. The van der Waals surface area contributed by atoms with Crippen molar-refractivity contribution >= 4 is 5.97 Å². The van der Waals surface area contributed by atoms with Crippen LogP contribution in [0.25, 0.3) is 0 Å². The van der Waals surface area contributed by atoms with E-state index in [1.54, 1.807) is 20.8 Å². The number of aliphatic hydroxyl groups excluding tert-OH is 1. The van der Waals surface area contributed by atoms with Crippen LogP contribution in [-0.2, 0) is 9.53 Å². The topological polar surface area (TPSA) is 72.5 Å². The molecular weight excluding hydrogens is 218 g/mol. The first-order valence-electron chi connectivity index (χ1n) is 6.28. The van der Waals surface area contributed by atoms with Crippen molar-refractivity contribution in [3.05, 3.63) is 0 Å². The maximum absolute atomic E-state index is 11.5. The van der Waals surface area contributed by atoms with Crippen LogP contribution in [0, 0.1) is 5.92 Å². The smallest absolute Gasteiger partial charge is 0.335 e. The van der Waals surface area contributed by atoms with E-state index in [2.05, 4.69) is 13.8 Å². The number of carbonyl (C=O) groups excluding carboxylic acids is 1. The van der Waals surface area contributed by atoms with E-state index in [4.69, 9.17) is 10.5 Å². The fourth-order valence-electron chi connectivity index (χ4n) is 1.58. The van der Waals surface area contributed by atoms with Crippen molar-refractivity contribution in [3.8, 4) is 0 Å². The Balaban J connectivity index is 3.93. The second kappa shape index (κ2) is 6.97. The van der Waals surface area contributed by atoms with Crippen molar-refractivity contribution in [1.29, 1.82) is 0 Å². The second-order valence-corrected chi connectivity index (χ2v) is 6.02. The van der Waals surface area contributed by atoms with E-state index in [-0.39, 0.29) is 6.04 Å². The number of nitrogens with two attached hydrogens (primary N) is 1. The van der Waals surface area contributed by atoms with Crippen LogP contribution < -0.4 is 5.73 Å². The highest BCUT2D eigenvalue weighted by atomic mass is 16.6. The molecular formula is C13H27NO3. The first kappa shape index (κ1) is 16.4. The number of ether oxygens (including phenoxy) is 1. The van der Waals surface area contributed by atoms with Crippen molar-refractivity contribution in [2.24, 2.45) is 11.7 Å². The maximum atomic E-state index is 11.5. The van der Waals surface area contributed by atoms with Crippen molar-refractivity contribution in [3.63, 3.8) is 0 Å². The molecule has 4 heteroatoms. The van der Waals surface area contributed by atoms with Gasteiger partial charge in [-0.05, 0) is 46.0 Å². The molecule has 0 bridgehead atoms. The zero-order valence-corrected chi connectivity index (χ0v) is 11.7. The summed E-state index contributed by atoms with van der Waals surface area (Å²) in [6, 6.07) is 0.0343. The summed E-state index contributed by atoms with van der Waals surface area (Å²) in [5.74, 6) is -0.0297. The van der Waals surface area contributed by atoms with Gasteiger partial charge in [0.05, 0.1) is 0 Å². The average Bonchev–Trinajstić information content (AvgIpc) is 2.10. The lowest BCUT2D eigenvalue weighted by atomic mass is 9.99. The van der Waals surface area contributed by atoms with Gasteiger partial charge in [-0.25, -0.2) is 4.79 Å². The van der Waals surface area contributed by atoms with E-state index in [0.717, 1.165) is 6.42 Å². The molecule has 102 valence electrons. The van der Waals surface area contributed by atoms with Crippen LogP contribution in [0.15, 0.2) is 0 Å². The molecule has 0 rings (SSSR count). The molecule has 0 saturated carbocycles. The van der Waals surface area contributed by atoms with Crippen LogP contribution in [0.1, 0.15) is 53.9 Å². The summed E-state index contributed by atoms with van der Waals surface area (Å²) in [5, 5.41) is 9.63. The Labute approximate surface area is 105 Å². The van der Waals surface area contributed by atoms with Crippen LogP contribution in [0.5, 0.6) is 0 Å². The van der Waals surface area contributed by atoms with E-state index in [1.807, 2.05) is 0 Å². The highest BCUT2D eigenvalue weighted by molar-refractivity contribution is 5.74. The molecule has 0 aromatic heterocycles. The van der Waals surface area contributed by atoms with Gasteiger partial charge < -0.3 is 15.6 Å². The van der Waals surface area contributed by atoms with Gasteiger partial charge in [-0.1, -0.05) is 13.8 Å². The van der Waals surface area contributed by atoms with Gasteiger partial charge in [0, 0.05) is 6.04 Å². The summed E-state index contributed by atoms with van der Waals surface area (Å²) in [6.07, 6.45) is 0.843. The Kier molecular flexibility index (Phi) is 6.72. The zero-order chi connectivity index (χ0) is 13.6. The third-order valence-corrected chi connectivity index (χ3v) is 2.26. The highest BCUT2D eigenvalue weighted by Crippen LogP contribution is 2.13. The third-order valence-electron chi connectivity index (χ3n) is 2.26. The number of carbonyl (C=O) groups is 1. The number of rotatable bonds is 6. The molecule has 0 aromatic carbocycles. The quantitative estimate of drug-likeness (QED) is 0.700. The molecule has 0 spiro atoms. The molecule has 3 N–H and O–H groups in total. The number of hydrogen-bond acceptors (Lipinski definition) is 4. The minimum Gasteiger partial charge on any atom is -0.458 e. The summed E-state index contributed by atoms with van der Waals surface area (Å²) < 4.78 is 5.08. The SMILES string of the molecule is CC(C)CC(N)CC[C@@H](O)C(=O)OC(C)(C)C. The first-order chi connectivity index (χ1) is 7.61. The number of aliphatic hydroxyl groups is 1. The Bertz CT molecular complexity index is 233. The fourth-order valence-corrected chi connectivity index (χ4v) is 1.58. The monoisotopic (exact) mass is 245 g/mol. The van der Waals surface area contributed by atoms with Crippen LogP contribution in [-0.4, -0.2) is 28.8 Å². The van der Waals surface area contributed by atoms with Crippen molar-refractivity contribution in [2.45, 2.75) is 71.6 Å². The predicted molar refractivity (Wildman–Crippen MR) is 68.5 cm³/mol. The van der Waals surface area contributed by atoms with E-state index in [1.165, 1.54) is 0 Å². The van der Waals surface area contributed by atoms with Gasteiger partial charge in [0.15, 0.2) is 6.10 Å². The van der Waals surface area contributed by atoms with Crippen molar-refractivity contribution in [2.75, 3.05) is 0 Å². The molecule has 0 aliphatic carbocycles. The lowest BCUT2D eigenvalue weighted by Crippen LogP contribution is -2.33. The standard InChI is InChI=1S/C13H27NO3/c1-9(2)8-10(14)6-7-11(15)12(16)17-13(3,4)5/h9-11,15H,6-8,14H2,1-5H3/t10?,11-/m1/s1. The minimum atomic E-state index is -1.06. The molecule has 1 unspecified atom stereocenters. The molecule has 0 saturated heterocycles. The Morgan fingerprint density at radius 2 is 1.82 bits per heavy atom. The lowest BCUT2D eigenvalue weighted by Gasteiger charge is -2.22. The predicted octanol–water partition coefficient (Wildman–Crippen LogP) is 1.84. The summed E-state index contributed by atoms with van der Waals surface area (Å²) in [6.45, 7) is 9.54. The number of esters is 1. The minimum absolute atomic E-state index is 0.0343. The Morgan fingerprint density at radius 3 is 2.24 bits per heavy atom. The molecule has 0 aliphatic heterocycles. The first-order valence-corrected chi connectivity index (χ1v) is 6.28. The maximum Gasteiger partial charge on any atom is 0.335 e. The molecule has 4 nitrogen and oxygen atoms in total. The van der Waals surface area contributed by atoms with Crippen LogP contribution in [0.3, 0.4) is 0 Å². The molecule has 0 amide bonds. The van der Waals surface area contributed by atoms with E-state index in [0.29, 0.717) is 18.8 Å². The third kappa shape index (κ3) is 9.12. The van der Waals surface area contributed by atoms with Gasteiger partial charge in [-0.15, -0.1) is 0 Å². The van der Waals surface area contributed by atoms with Crippen LogP contribution in [0.4, 0.5) is 0 Å².